The quantitative estimate of drug-likeness (QED) is 0.671. The molecule has 6 heteroatoms. The normalized spacial score (nSPS) is 15.5. The van der Waals surface area contributed by atoms with Gasteiger partial charge >= 0.3 is 0 Å². The highest BCUT2D eigenvalue weighted by atomic mass is 32.1. The van der Waals surface area contributed by atoms with E-state index >= 15 is 0 Å². The first kappa shape index (κ1) is 17.9. The summed E-state index contributed by atoms with van der Waals surface area (Å²) in [5, 5.41) is 3.28. The lowest BCUT2D eigenvalue weighted by molar-refractivity contribution is 0.282. The van der Waals surface area contributed by atoms with E-state index in [9.17, 15) is 0 Å². The van der Waals surface area contributed by atoms with Crippen LogP contribution in [-0.2, 0) is 6.54 Å². The number of ether oxygens (including phenoxy) is 1. The van der Waals surface area contributed by atoms with E-state index in [0.717, 1.165) is 61.4 Å². The summed E-state index contributed by atoms with van der Waals surface area (Å²) in [5.74, 6) is 1.79. The van der Waals surface area contributed by atoms with Crippen molar-refractivity contribution in [3.05, 3.63) is 59.7 Å². The molecular formula is C21H24N4OS. The van der Waals surface area contributed by atoms with Crippen LogP contribution >= 0.6 is 11.3 Å². The van der Waals surface area contributed by atoms with E-state index in [2.05, 4.69) is 44.4 Å². The zero-order valence-electron chi connectivity index (χ0n) is 15.5. The van der Waals surface area contributed by atoms with Crippen LogP contribution in [0.2, 0.25) is 0 Å². The first-order valence-corrected chi connectivity index (χ1v) is 10.2. The van der Waals surface area contributed by atoms with E-state index in [1.165, 1.54) is 5.56 Å². The van der Waals surface area contributed by atoms with Crippen molar-refractivity contribution in [2.75, 3.05) is 38.2 Å². The molecule has 0 radical (unpaired) electrons. The van der Waals surface area contributed by atoms with Gasteiger partial charge in [-0.1, -0.05) is 30.3 Å². The fourth-order valence-electron chi connectivity index (χ4n) is 3.44. The molecular weight excluding hydrogens is 356 g/mol. The average molecular weight is 381 g/mol. The molecule has 3 heterocycles. The SMILES string of the molecule is COc1cccnc1N1CCCN(Cc2csc(-c3ccccc3)n2)CC1. The van der Waals surface area contributed by atoms with Gasteiger partial charge in [-0.15, -0.1) is 11.3 Å². The van der Waals surface area contributed by atoms with Gasteiger partial charge < -0.3 is 9.64 Å². The van der Waals surface area contributed by atoms with E-state index in [1.54, 1.807) is 18.4 Å². The minimum atomic E-state index is 0.845. The Morgan fingerprint density at radius 1 is 1.04 bits per heavy atom. The molecule has 0 unspecified atom stereocenters. The van der Waals surface area contributed by atoms with Gasteiger partial charge in [0.25, 0.3) is 0 Å². The second-order valence-corrected chi connectivity index (χ2v) is 7.51. The number of hydrogen-bond acceptors (Lipinski definition) is 6. The van der Waals surface area contributed by atoms with Gasteiger partial charge in [0.05, 0.1) is 12.8 Å². The van der Waals surface area contributed by atoms with E-state index in [-0.39, 0.29) is 0 Å². The third-order valence-corrected chi connectivity index (χ3v) is 5.76. The molecule has 0 amide bonds. The second-order valence-electron chi connectivity index (χ2n) is 6.66. The van der Waals surface area contributed by atoms with Crippen LogP contribution in [0.25, 0.3) is 10.6 Å². The number of nitrogens with zero attached hydrogens (tertiary/aromatic N) is 4. The largest absolute Gasteiger partial charge is 0.493 e. The maximum absolute atomic E-state index is 5.48. The third kappa shape index (κ3) is 4.28. The minimum Gasteiger partial charge on any atom is -0.493 e. The first-order chi connectivity index (χ1) is 13.3. The van der Waals surface area contributed by atoms with Crippen LogP contribution in [0.4, 0.5) is 5.82 Å². The van der Waals surface area contributed by atoms with E-state index in [0.29, 0.717) is 0 Å². The minimum absolute atomic E-state index is 0.845. The Kier molecular flexibility index (Phi) is 5.65. The molecule has 0 bridgehead atoms. The smallest absolute Gasteiger partial charge is 0.171 e. The fraction of sp³-hybridized carbons (Fsp3) is 0.333. The van der Waals surface area contributed by atoms with Gasteiger partial charge in [0, 0.05) is 49.9 Å². The molecule has 5 nitrogen and oxygen atoms in total. The Morgan fingerprint density at radius 3 is 2.78 bits per heavy atom. The standard InChI is InChI=1S/C21H24N4OS/c1-26-19-9-5-10-22-20(19)25-12-6-11-24(13-14-25)15-18-16-27-21(23-18)17-7-3-2-4-8-17/h2-5,7-10,16H,6,11-15H2,1H3. The van der Waals surface area contributed by atoms with Crippen molar-refractivity contribution in [2.24, 2.45) is 0 Å². The number of hydrogen-bond donors (Lipinski definition) is 0. The number of thiazole rings is 1. The highest BCUT2D eigenvalue weighted by Crippen LogP contribution is 2.27. The van der Waals surface area contributed by atoms with Crippen LogP contribution in [0.1, 0.15) is 12.1 Å². The van der Waals surface area contributed by atoms with Crippen molar-refractivity contribution < 1.29 is 4.74 Å². The molecule has 0 spiro atoms. The molecule has 1 aliphatic rings. The number of methoxy groups -OCH3 is 1. The Labute approximate surface area is 164 Å². The van der Waals surface area contributed by atoms with Crippen LogP contribution in [0, 0.1) is 0 Å². The van der Waals surface area contributed by atoms with E-state index in [4.69, 9.17) is 9.72 Å². The van der Waals surface area contributed by atoms with Crippen LogP contribution < -0.4 is 9.64 Å². The van der Waals surface area contributed by atoms with Crippen molar-refractivity contribution in [2.45, 2.75) is 13.0 Å². The molecule has 1 aromatic carbocycles. The summed E-state index contributed by atoms with van der Waals surface area (Å²) in [6.07, 6.45) is 2.94. The van der Waals surface area contributed by atoms with Crippen LogP contribution in [0.3, 0.4) is 0 Å². The third-order valence-electron chi connectivity index (χ3n) is 4.82. The summed E-state index contributed by atoms with van der Waals surface area (Å²) >= 11 is 1.72. The molecule has 1 aliphatic heterocycles. The summed E-state index contributed by atoms with van der Waals surface area (Å²) in [4.78, 5) is 14.2. The lowest BCUT2D eigenvalue weighted by Gasteiger charge is -2.23. The molecule has 0 atom stereocenters. The van der Waals surface area contributed by atoms with Crippen molar-refractivity contribution in [1.29, 1.82) is 0 Å². The van der Waals surface area contributed by atoms with Gasteiger partial charge in [0.1, 0.15) is 5.01 Å². The molecule has 1 saturated heterocycles. The van der Waals surface area contributed by atoms with Gasteiger partial charge in [-0.2, -0.15) is 0 Å². The number of rotatable bonds is 5. The zero-order chi connectivity index (χ0) is 18.5. The van der Waals surface area contributed by atoms with E-state index in [1.807, 2.05) is 24.4 Å². The average Bonchev–Trinajstić information content (AvgIpc) is 3.07. The van der Waals surface area contributed by atoms with Gasteiger partial charge in [-0.25, -0.2) is 9.97 Å². The maximum Gasteiger partial charge on any atom is 0.171 e. The summed E-state index contributed by atoms with van der Waals surface area (Å²) in [7, 11) is 1.71. The van der Waals surface area contributed by atoms with Crippen molar-refractivity contribution in [3.8, 4) is 16.3 Å². The Bertz CT molecular complexity index is 867. The number of aromatic nitrogens is 2. The Morgan fingerprint density at radius 2 is 1.93 bits per heavy atom. The highest BCUT2D eigenvalue weighted by Gasteiger charge is 2.19. The molecule has 1 fully saturated rings. The maximum atomic E-state index is 5.48. The summed E-state index contributed by atoms with van der Waals surface area (Å²) < 4.78 is 5.48. The number of anilines is 1. The Balaban J connectivity index is 1.40. The number of pyridine rings is 1. The van der Waals surface area contributed by atoms with Crippen LogP contribution in [0.15, 0.2) is 54.0 Å². The summed E-state index contributed by atoms with van der Waals surface area (Å²) in [6, 6.07) is 14.3. The monoisotopic (exact) mass is 380 g/mol. The first-order valence-electron chi connectivity index (χ1n) is 9.29. The van der Waals surface area contributed by atoms with Gasteiger partial charge in [0.2, 0.25) is 0 Å². The predicted molar refractivity (Wildman–Crippen MR) is 110 cm³/mol. The number of benzene rings is 1. The molecule has 0 saturated carbocycles. The van der Waals surface area contributed by atoms with Gasteiger partial charge in [0.15, 0.2) is 11.6 Å². The van der Waals surface area contributed by atoms with E-state index < -0.39 is 0 Å². The van der Waals surface area contributed by atoms with Crippen molar-refractivity contribution in [1.82, 2.24) is 14.9 Å². The highest BCUT2D eigenvalue weighted by molar-refractivity contribution is 7.13. The predicted octanol–water partition coefficient (Wildman–Crippen LogP) is 3.93. The fourth-order valence-corrected chi connectivity index (χ4v) is 4.26. The van der Waals surface area contributed by atoms with Crippen LogP contribution in [0.5, 0.6) is 5.75 Å². The molecule has 0 aliphatic carbocycles. The molecule has 2 aromatic heterocycles. The lowest BCUT2D eigenvalue weighted by atomic mass is 10.2. The van der Waals surface area contributed by atoms with Crippen LogP contribution in [-0.4, -0.2) is 48.2 Å². The molecule has 0 N–H and O–H groups in total. The Hall–Kier alpha value is -2.44. The van der Waals surface area contributed by atoms with Gasteiger partial charge in [-0.3, -0.25) is 4.90 Å². The van der Waals surface area contributed by atoms with Crippen molar-refractivity contribution in [3.63, 3.8) is 0 Å². The van der Waals surface area contributed by atoms with Crippen molar-refractivity contribution >= 4 is 17.2 Å². The molecule has 140 valence electrons. The van der Waals surface area contributed by atoms with Gasteiger partial charge in [-0.05, 0) is 18.6 Å². The molecule has 27 heavy (non-hydrogen) atoms. The topological polar surface area (TPSA) is 41.5 Å². The second kappa shape index (κ2) is 8.50. The zero-order valence-corrected chi connectivity index (χ0v) is 16.4. The molecule has 3 aromatic rings. The lowest BCUT2D eigenvalue weighted by Crippen LogP contribution is -2.31. The summed E-state index contributed by atoms with van der Waals surface area (Å²) in [6.45, 7) is 4.91. The summed E-state index contributed by atoms with van der Waals surface area (Å²) in [5.41, 5.74) is 2.35. The molecule has 4 rings (SSSR count).